The van der Waals surface area contributed by atoms with Gasteiger partial charge in [-0.2, -0.15) is 4.31 Å². The van der Waals surface area contributed by atoms with Gasteiger partial charge in [0.15, 0.2) is 5.84 Å². The second-order valence-electron chi connectivity index (χ2n) is 8.48. The number of hydrogen-bond donors (Lipinski definition) is 4. The third kappa shape index (κ3) is 6.95. The van der Waals surface area contributed by atoms with Crippen LogP contribution in [0, 0.1) is 0 Å². The lowest BCUT2D eigenvalue weighted by atomic mass is 10.0. The predicted octanol–water partition coefficient (Wildman–Crippen LogP) is 1.93. The molecule has 1 atom stereocenters. The van der Waals surface area contributed by atoms with Crippen LogP contribution in [0.15, 0.2) is 82.8 Å². The van der Waals surface area contributed by atoms with Crippen molar-refractivity contribution in [3.05, 3.63) is 83.9 Å². The van der Waals surface area contributed by atoms with Crippen LogP contribution in [0.3, 0.4) is 0 Å². The number of oxime groups is 1. The first-order chi connectivity index (χ1) is 17.8. The molecule has 0 spiro atoms. The molecule has 202 valence electrons. The molecule has 11 nitrogen and oxygen atoms in total. The Bertz CT molecular complexity index is 1560. The Kier molecular flexibility index (Phi) is 8.89. The first-order valence-electron chi connectivity index (χ1n) is 11.4. The average molecular weight is 560 g/mol. The summed E-state index contributed by atoms with van der Waals surface area (Å²) in [6, 6.07) is 18.2. The topological polar surface area (TPSA) is 185 Å². The van der Waals surface area contributed by atoms with Crippen LogP contribution in [0.25, 0.3) is 11.1 Å². The van der Waals surface area contributed by atoms with Gasteiger partial charge in [0.1, 0.15) is 6.04 Å². The maximum absolute atomic E-state index is 13.4. The largest absolute Gasteiger partial charge is 0.409 e. The normalized spacial score (nSPS) is 13.3. The molecular formula is C25H29N5O6S2. The maximum atomic E-state index is 13.4. The Hall–Kier alpha value is -3.78. The van der Waals surface area contributed by atoms with Crippen LogP contribution in [0.5, 0.6) is 0 Å². The first kappa shape index (κ1) is 28.8. The maximum Gasteiger partial charge on any atom is 0.243 e. The number of carbonyl (C=O) groups excluding carboxylic acids is 1. The van der Waals surface area contributed by atoms with Crippen LogP contribution >= 0.6 is 0 Å². The van der Waals surface area contributed by atoms with Crippen LogP contribution in [0.2, 0.25) is 0 Å². The summed E-state index contributed by atoms with van der Waals surface area (Å²) in [5.41, 5.74) is 8.05. The number of hydrogen-bond acceptors (Lipinski definition) is 7. The van der Waals surface area contributed by atoms with Crippen molar-refractivity contribution < 1.29 is 26.8 Å². The molecule has 38 heavy (non-hydrogen) atoms. The highest BCUT2D eigenvalue weighted by Gasteiger charge is 2.31. The molecule has 1 unspecified atom stereocenters. The molecule has 0 aliphatic rings. The van der Waals surface area contributed by atoms with Gasteiger partial charge >= 0.3 is 0 Å². The lowest BCUT2D eigenvalue weighted by molar-refractivity contribution is -0.119. The van der Waals surface area contributed by atoms with E-state index >= 15 is 0 Å². The standard InChI is InChI=1S/C25H29N5O6S2/c1-3-30(37(2,33)34)22(16-17-7-6-8-19(15-17)24(26)29-32)25(31)28-20-13-11-18(12-14-20)21-9-4-5-10-23(21)38(27,35)36/h4-15,22,32H,3,16H2,1-2H3,(H2,26,29)(H,28,31)(H2,27,35,36). The summed E-state index contributed by atoms with van der Waals surface area (Å²) >= 11 is 0. The van der Waals surface area contributed by atoms with Crippen molar-refractivity contribution in [3.8, 4) is 11.1 Å². The zero-order chi connectivity index (χ0) is 28.1. The molecule has 0 aliphatic carbocycles. The van der Waals surface area contributed by atoms with E-state index in [4.69, 9.17) is 16.1 Å². The van der Waals surface area contributed by atoms with Crippen molar-refractivity contribution in [2.24, 2.45) is 16.0 Å². The van der Waals surface area contributed by atoms with Gasteiger partial charge < -0.3 is 16.3 Å². The van der Waals surface area contributed by atoms with E-state index in [-0.39, 0.29) is 23.7 Å². The number of amides is 1. The van der Waals surface area contributed by atoms with E-state index in [0.29, 0.717) is 27.9 Å². The molecule has 0 bridgehead atoms. The third-order valence-corrected chi connectivity index (χ3v) is 8.14. The molecule has 0 aliphatic heterocycles. The van der Waals surface area contributed by atoms with E-state index < -0.39 is 32.0 Å². The minimum atomic E-state index is -3.95. The molecule has 0 heterocycles. The molecular weight excluding hydrogens is 530 g/mol. The molecule has 13 heteroatoms. The summed E-state index contributed by atoms with van der Waals surface area (Å²) in [7, 11) is -7.70. The molecule has 3 rings (SSSR count). The zero-order valence-electron chi connectivity index (χ0n) is 20.8. The van der Waals surface area contributed by atoms with E-state index in [1.165, 1.54) is 6.07 Å². The number of amidine groups is 1. The number of rotatable bonds is 10. The number of nitrogens with zero attached hydrogens (tertiary/aromatic N) is 2. The van der Waals surface area contributed by atoms with E-state index in [0.717, 1.165) is 10.6 Å². The van der Waals surface area contributed by atoms with Gasteiger partial charge in [-0.25, -0.2) is 22.0 Å². The van der Waals surface area contributed by atoms with Crippen molar-refractivity contribution in [3.63, 3.8) is 0 Å². The lowest BCUT2D eigenvalue weighted by Gasteiger charge is -2.28. The van der Waals surface area contributed by atoms with Crippen LogP contribution < -0.4 is 16.2 Å². The van der Waals surface area contributed by atoms with Gasteiger partial charge in [-0.3, -0.25) is 4.79 Å². The van der Waals surface area contributed by atoms with Gasteiger partial charge in [-0.05, 0) is 41.8 Å². The molecule has 3 aromatic rings. The van der Waals surface area contributed by atoms with E-state index in [2.05, 4.69) is 10.5 Å². The van der Waals surface area contributed by atoms with E-state index in [1.807, 2.05) is 0 Å². The molecule has 0 radical (unpaired) electrons. The highest BCUT2D eigenvalue weighted by molar-refractivity contribution is 7.89. The molecule has 0 saturated heterocycles. The average Bonchev–Trinajstić information content (AvgIpc) is 2.87. The Morgan fingerprint density at radius 1 is 1.03 bits per heavy atom. The number of nitrogens with two attached hydrogens (primary N) is 2. The van der Waals surface area contributed by atoms with Crippen molar-refractivity contribution >= 4 is 37.5 Å². The summed E-state index contributed by atoms with van der Waals surface area (Å²) in [6.45, 7) is 1.69. The monoisotopic (exact) mass is 559 g/mol. The van der Waals surface area contributed by atoms with Crippen LogP contribution in [0.1, 0.15) is 18.1 Å². The fourth-order valence-electron chi connectivity index (χ4n) is 4.06. The molecule has 0 fully saturated rings. The highest BCUT2D eigenvalue weighted by atomic mass is 32.2. The zero-order valence-corrected chi connectivity index (χ0v) is 22.4. The molecule has 1 amide bonds. The Labute approximate surface area is 221 Å². The van der Waals surface area contributed by atoms with Crippen LogP contribution in [-0.4, -0.2) is 56.9 Å². The number of anilines is 1. The van der Waals surface area contributed by atoms with Gasteiger partial charge in [0.25, 0.3) is 0 Å². The summed E-state index contributed by atoms with van der Waals surface area (Å²) < 4.78 is 50.0. The van der Waals surface area contributed by atoms with E-state index in [1.54, 1.807) is 73.7 Å². The van der Waals surface area contributed by atoms with Gasteiger partial charge in [0.05, 0.1) is 11.2 Å². The number of nitrogens with one attached hydrogen (secondary N) is 1. The van der Waals surface area contributed by atoms with Gasteiger partial charge in [0, 0.05) is 23.4 Å². The minimum Gasteiger partial charge on any atom is -0.409 e. The Balaban J connectivity index is 1.91. The summed E-state index contributed by atoms with van der Waals surface area (Å²) in [4.78, 5) is 13.3. The second kappa shape index (κ2) is 11.7. The van der Waals surface area contributed by atoms with Crippen molar-refractivity contribution in [2.75, 3.05) is 18.1 Å². The highest BCUT2D eigenvalue weighted by Crippen LogP contribution is 2.28. The van der Waals surface area contributed by atoms with Gasteiger partial charge in [0.2, 0.25) is 26.0 Å². The summed E-state index contributed by atoms with van der Waals surface area (Å²) in [5, 5.41) is 20.0. The number of primary sulfonamides is 1. The van der Waals surface area contributed by atoms with Crippen molar-refractivity contribution in [1.82, 2.24) is 4.31 Å². The number of benzene rings is 3. The molecule has 6 N–H and O–H groups in total. The minimum absolute atomic E-state index is 0.0269. The first-order valence-corrected chi connectivity index (χ1v) is 14.8. The molecule has 3 aromatic carbocycles. The van der Waals surface area contributed by atoms with Crippen molar-refractivity contribution in [1.29, 1.82) is 0 Å². The number of sulfonamides is 2. The number of carbonyl (C=O) groups is 1. The SMILES string of the molecule is CCN(C(Cc1cccc(/C(N)=N/O)c1)C(=O)Nc1ccc(-c2ccccc2S(N)(=O)=O)cc1)S(C)(=O)=O. The Morgan fingerprint density at radius 2 is 1.68 bits per heavy atom. The molecule has 0 aromatic heterocycles. The Morgan fingerprint density at radius 3 is 2.26 bits per heavy atom. The van der Waals surface area contributed by atoms with E-state index in [9.17, 15) is 21.6 Å². The van der Waals surface area contributed by atoms with Crippen LogP contribution in [-0.2, 0) is 31.3 Å². The fraction of sp³-hybridized carbons (Fsp3) is 0.200. The van der Waals surface area contributed by atoms with Crippen molar-refractivity contribution in [2.45, 2.75) is 24.3 Å². The molecule has 0 saturated carbocycles. The lowest BCUT2D eigenvalue weighted by Crippen LogP contribution is -2.48. The summed E-state index contributed by atoms with van der Waals surface area (Å²) in [5.74, 6) is -0.684. The smallest absolute Gasteiger partial charge is 0.243 e. The van der Waals surface area contributed by atoms with Gasteiger partial charge in [-0.15, -0.1) is 0 Å². The quantitative estimate of drug-likeness (QED) is 0.126. The second-order valence-corrected chi connectivity index (χ2v) is 11.9. The number of likely N-dealkylation sites (N-methyl/N-ethyl adjacent to an activating group) is 1. The van der Waals surface area contributed by atoms with Crippen LogP contribution in [0.4, 0.5) is 5.69 Å². The summed E-state index contributed by atoms with van der Waals surface area (Å²) in [6.07, 6.45) is 1.06. The predicted molar refractivity (Wildman–Crippen MR) is 146 cm³/mol. The third-order valence-electron chi connectivity index (χ3n) is 5.80. The van der Waals surface area contributed by atoms with Gasteiger partial charge in [-0.1, -0.05) is 60.6 Å². The fourth-order valence-corrected chi connectivity index (χ4v) is 5.92.